The van der Waals surface area contributed by atoms with Gasteiger partial charge in [-0.1, -0.05) is 24.4 Å². The number of morpholine rings is 1. The number of anilines is 2. The van der Waals surface area contributed by atoms with E-state index in [1.54, 1.807) is 12.3 Å². The highest BCUT2D eigenvalue weighted by Gasteiger charge is 2.28. The molecule has 2 aliphatic heterocycles. The van der Waals surface area contributed by atoms with Gasteiger partial charge in [0.15, 0.2) is 0 Å². The third-order valence-corrected chi connectivity index (χ3v) is 8.10. The molecule has 4 rings (SSSR count). The van der Waals surface area contributed by atoms with Crippen LogP contribution < -0.4 is 10.2 Å². The Morgan fingerprint density at radius 3 is 2.38 bits per heavy atom. The van der Waals surface area contributed by atoms with Crippen molar-refractivity contribution in [1.82, 2.24) is 9.29 Å². The first kappa shape index (κ1) is 23.0. The van der Waals surface area contributed by atoms with E-state index in [-0.39, 0.29) is 15.5 Å². The fourth-order valence-corrected chi connectivity index (χ4v) is 5.92. The Balaban J connectivity index is 1.49. The van der Waals surface area contributed by atoms with Crippen molar-refractivity contribution in [1.29, 1.82) is 0 Å². The second kappa shape index (κ2) is 10.2. The van der Waals surface area contributed by atoms with Crippen molar-refractivity contribution in [3.8, 4) is 0 Å². The van der Waals surface area contributed by atoms with E-state index in [0.29, 0.717) is 32.0 Å². The fraction of sp³-hybridized carbons (Fsp3) is 0.455. The number of carbonyl (C=O) groups excluding carboxylic acids is 1. The van der Waals surface area contributed by atoms with Gasteiger partial charge >= 0.3 is 0 Å². The molecule has 172 valence electrons. The summed E-state index contributed by atoms with van der Waals surface area (Å²) in [6.07, 6.45) is 5.27. The molecule has 0 spiro atoms. The van der Waals surface area contributed by atoms with Crippen molar-refractivity contribution in [3.63, 3.8) is 0 Å². The van der Waals surface area contributed by atoms with E-state index in [0.717, 1.165) is 44.6 Å². The minimum atomic E-state index is -3.77. The van der Waals surface area contributed by atoms with E-state index in [1.807, 2.05) is 6.07 Å². The Bertz CT molecular complexity index is 1050. The van der Waals surface area contributed by atoms with Gasteiger partial charge in [0.05, 0.1) is 30.1 Å². The summed E-state index contributed by atoms with van der Waals surface area (Å²) in [5.74, 6) is 0.401. The molecule has 1 amide bonds. The summed E-state index contributed by atoms with van der Waals surface area (Å²) in [6.45, 7) is 3.82. The van der Waals surface area contributed by atoms with E-state index < -0.39 is 15.9 Å². The number of halogens is 1. The number of sulfonamides is 1. The van der Waals surface area contributed by atoms with E-state index in [2.05, 4.69) is 15.2 Å². The molecule has 2 aliphatic rings. The quantitative estimate of drug-likeness (QED) is 0.708. The summed E-state index contributed by atoms with van der Waals surface area (Å²) in [7, 11) is -3.77. The van der Waals surface area contributed by atoms with Crippen LogP contribution in [0.5, 0.6) is 0 Å². The zero-order valence-electron chi connectivity index (χ0n) is 17.8. The first-order valence-corrected chi connectivity index (χ1v) is 12.7. The number of benzene rings is 1. The summed E-state index contributed by atoms with van der Waals surface area (Å²) in [5.41, 5.74) is 0.749. The van der Waals surface area contributed by atoms with Gasteiger partial charge in [-0.05, 0) is 43.2 Å². The molecule has 0 saturated carbocycles. The number of carbonyl (C=O) groups is 1. The van der Waals surface area contributed by atoms with Gasteiger partial charge in [-0.2, -0.15) is 4.31 Å². The predicted octanol–water partition coefficient (Wildman–Crippen LogP) is 3.39. The van der Waals surface area contributed by atoms with Crippen molar-refractivity contribution >= 4 is 39.0 Å². The van der Waals surface area contributed by atoms with Gasteiger partial charge < -0.3 is 15.0 Å². The molecule has 2 fully saturated rings. The molecule has 3 heterocycles. The second-order valence-corrected chi connectivity index (χ2v) is 10.2. The number of hydrogen-bond donors (Lipinski definition) is 1. The highest BCUT2D eigenvalue weighted by Crippen LogP contribution is 2.28. The smallest absolute Gasteiger partial charge is 0.255 e. The van der Waals surface area contributed by atoms with Crippen LogP contribution in [0.2, 0.25) is 5.02 Å². The summed E-state index contributed by atoms with van der Waals surface area (Å²) in [6, 6.07) is 7.96. The molecule has 1 N–H and O–H groups in total. The second-order valence-electron chi connectivity index (χ2n) is 7.92. The molecule has 1 aromatic carbocycles. The zero-order valence-corrected chi connectivity index (χ0v) is 19.4. The monoisotopic (exact) mass is 478 g/mol. The van der Waals surface area contributed by atoms with Crippen LogP contribution in [0.15, 0.2) is 41.4 Å². The van der Waals surface area contributed by atoms with Gasteiger partial charge in [0, 0.05) is 31.7 Å². The Hall–Kier alpha value is -2.20. The number of pyridine rings is 1. The fourth-order valence-electron chi connectivity index (χ4n) is 3.91. The minimum Gasteiger partial charge on any atom is -0.378 e. The van der Waals surface area contributed by atoms with E-state index in [1.165, 1.54) is 22.5 Å². The lowest BCUT2D eigenvalue weighted by Crippen LogP contribution is -2.36. The van der Waals surface area contributed by atoms with Gasteiger partial charge in [0.1, 0.15) is 10.7 Å². The molecule has 10 heteroatoms. The number of nitrogens with one attached hydrogen (secondary N) is 1. The van der Waals surface area contributed by atoms with Crippen LogP contribution >= 0.6 is 11.6 Å². The summed E-state index contributed by atoms with van der Waals surface area (Å²) in [4.78, 5) is 19.3. The molecular weight excluding hydrogens is 452 g/mol. The number of amides is 1. The number of nitrogens with zero attached hydrogens (tertiary/aromatic N) is 3. The van der Waals surface area contributed by atoms with Crippen molar-refractivity contribution in [3.05, 3.63) is 47.1 Å². The van der Waals surface area contributed by atoms with Crippen molar-refractivity contribution in [2.24, 2.45) is 0 Å². The summed E-state index contributed by atoms with van der Waals surface area (Å²) < 4.78 is 33.2. The molecule has 0 unspecified atom stereocenters. The lowest BCUT2D eigenvalue weighted by molar-refractivity contribution is 0.102. The molecule has 0 aliphatic carbocycles. The van der Waals surface area contributed by atoms with Crippen LogP contribution in [-0.2, 0) is 14.8 Å². The van der Waals surface area contributed by atoms with E-state index in [4.69, 9.17) is 16.3 Å². The molecule has 2 aromatic rings. The third kappa shape index (κ3) is 5.23. The standard InChI is InChI=1S/C22H27ClN4O4S/c23-19-7-5-17(15-20(19)32(29,30)27-9-3-1-2-4-10-27)22(28)25-18-6-8-21(24-16-18)26-11-13-31-14-12-26/h5-8,15-16H,1-4,9-14H2,(H,25,28). The molecular formula is C22H27ClN4O4S. The summed E-state index contributed by atoms with van der Waals surface area (Å²) in [5, 5.41) is 2.89. The maximum atomic E-state index is 13.2. The molecule has 32 heavy (non-hydrogen) atoms. The van der Waals surface area contributed by atoms with Gasteiger partial charge in [-0.3, -0.25) is 4.79 Å². The molecule has 1 aromatic heterocycles. The highest BCUT2D eigenvalue weighted by atomic mass is 35.5. The van der Waals surface area contributed by atoms with Gasteiger partial charge in [-0.15, -0.1) is 0 Å². The topological polar surface area (TPSA) is 91.8 Å². The van der Waals surface area contributed by atoms with Crippen LogP contribution in [-0.4, -0.2) is 63.0 Å². The Labute approximate surface area is 193 Å². The number of aromatic nitrogens is 1. The largest absolute Gasteiger partial charge is 0.378 e. The maximum absolute atomic E-state index is 13.2. The average Bonchev–Trinajstić information content (AvgIpc) is 3.11. The lowest BCUT2D eigenvalue weighted by Gasteiger charge is -2.27. The minimum absolute atomic E-state index is 0.0329. The highest BCUT2D eigenvalue weighted by molar-refractivity contribution is 7.89. The van der Waals surface area contributed by atoms with Crippen LogP contribution in [0, 0.1) is 0 Å². The number of ether oxygens (including phenoxy) is 1. The molecule has 0 atom stereocenters. The maximum Gasteiger partial charge on any atom is 0.255 e. The van der Waals surface area contributed by atoms with Crippen molar-refractivity contribution in [2.75, 3.05) is 49.6 Å². The first-order valence-electron chi connectivity index (χ1n) is 10.8. The predicted molar refractivity (Wildman–Crippen MR) is 124 cm³/mol. The zero-order chi connectivity index (χ0) is 22.6. The number of hydrogen-bond acceptors (Lipinski definition) is 6. The first-order chi connectivity index (χ1) is 15.4. The molecule has 0 bridgehead atoms. The van der Waals surface area contributed by atoms with Crippen molar-refractivity contribution < 1.29 is 17.9 Å². The normalized spacial score (nSPS) is 18.2. The Kier molecular flexibility index (Phi) is 7.30. The van der Waals surface area contributed by atoms with E-state index >= 15 is 0 Å². The Morgan fingerprint density at radius 2 is 1.72 bits per heavy atom. The van der Waals surface area contributed by atoms with Crippen LogP contribution in [0.1, 0.15) is 36.0 Å². The Morgan fingerprint density at radius 1 is 1.00 bits per heavy atom. The van der Waals surface area contributed by atoms with Gasteiger partial charge in [0.2, 0.25) is 10.0 Å². The summed E-state index contributed by atoms with van der Waals surface area (Å²) >= 11 is 6.24. The molecule has 0 radical (unpaired) electrons. The SMILES string of the molecule is O=C(Nc1ccc(N2CCOCC2)nc1)c1ccc(Cl)c(S(=O)(=O)N2CCCCCC2)c1. The molecule has 2 saturated heterocycles. The van der Waals surface area contributed by atoms with Gasteiger partial charge in [-0.25, -0.2) is 13.4 Å². The average molecular weight is 479 g/mol. The molecule has 8 nitrogen and oxygen atoms in total. The van der Waals surface area contributed by atoms with Crippen LogP contribution in [0.25, 0.3) is 0 Å². The number of rotatable bonds is 5. The van der Waals surface area contributed by atoms with Crippen molar-refractivity contribution in [2.45, 2.75) is 30.6 Å². The van der Waals surface area contributed by atoms with Crippen LogP contribution in [0.4, 0.5) is 11.5 Å². The third-order valence-electron chi connectivity index (χ3n) is 5.72. The lowest BCUT2D eigenvalue weighted by atomic mass is 10.2. The van der Waals surface area contributed by atoms with E-state index in [9.17, 15) is 13.2 Å². The van der Waals surface area contributed by atoms with Gasteiger partial charge in [0.25, 0.3) is 5.91 Å². The van der Waals surface area contributed by atoms with Crippen LogP contribution in [0.3, 0.4) is 0 Å².